The summed E-state index contributed by atoms with van der Waals surface area (Å²) in [6.07, 6.45) is 0. The number of rotatable bonds is 4. The summed E-state index contributed by atoms with van der Waals surface area (Å²) in [5.41, 5.74) is 7.65. The number of nitrogens with two attached hydrogens (primary N) is 1. The van der Waals surface area contributed by atoms with E-state index in [2.05, 4.69) is 5.32 Å². The molecule has 0 atom stereocenters. The van der Waals surface area contributed by atoms with Gasteiger partial charge in [-0.25, -0.2) is 0 Å². The molecule has 0 bridgehead atoms. The molecular formula is C18H20N2O3. The normalized spacial score (nSPS) is 13.0. The number of anilines is 1. The molecule has 23 heavy (non-hydrogen) atoms. The zero-order valence-corrected chi connectivity index (χ0v) is 13.3. The van der Waals surface area contributed by atoms with E-state index in [1.165, 1.54) is 0 Å². The Labute approximate surface area is 135 Å². The average Bonchev–Trinajstić information content (AvgIpc) is 3.00. The number of benzene rings is 2. The Morgan fingerprint density at radius 2 is 1.83 bits per heavy atom. The van der Waals surface area contributed by atoms with Crippen LogP contribution in [-0.4, -0.2) is 12.7 Å². The summed E-state index contributed by atoms with van der Waals surface area (Å²) in [5, 5.41) is 2.98. The summed E-state index contributed by atoms with van der Waals surface area (Å²) in [7, 11) is 0. The summed E-state index contributed by atoms with van der Waals surface area (Å²) >= 11 is 0. The van der Waals surface area contributed by atoms with Gasteiger partial charge in [-0.1, -0.05) is 18.2 Å². The third-order valence-electron chi connectivity index (χ3n) is 4.09. The van der Waals surface area contributed by atoms with Gasteiger partial charge in [0.05, 0.1) is 5.41 Å². The lowest BCUT2D eigenvalue weighted by Gasteiger charge is -2.24. The molecule has 120 valence electrons. The fraction of sp³-hybridized carbons (Fsp3) is 0.278. The predicted octanol–water partition coefficient (Wildman–Crippen LogP) is 2.59. The molecule has 2 aromatic rings. The minimum atomic E-state index is -0.635. The zero-order valence-electron chi connectivity index (χ0n) is 13.3. The van der Waals surface area contributed by atoms with Crippen LogP contribution in [0, 0.1) is 0 Å². The molecule has 1 aliphatic rings. The van der Waals surface area contributed by atoms with Gasteiger partial charge in [0.2, 0.25) is 12.7 Å². The van der Waals surface area contributed by atoms with E-state index < -0.39 is 5.41 Å². The van der Waals surface area contributed by atoms with E-state index in [1.807, 2.05) is 56.3 Å². The van der Waals surface area contributed by atoms with Crippen molar-refractivity contribution in [2.45, 2.75) is 25.8 Å². The van der Waals surface area contributed by atoms with Gasteiger partial charge in [0.1, 0.15) is 0 Å². The average molecular weight is 312 g/mol. The van der Waals surface area contributed by atoms with Crippen LogP contribution in [0.4, 0.5) is 5.69 Å². The van der Waals surface area contributed by atoms with Gasteiger partial charge in [0.25, 0.3) is 0 Å². The van der Waals surface area contributed by atoms with Crippen LogP contribution in [0.25, 0.3) is 0 Å². The highest BCUT2D eigenvalue weighted by Crippen LogP contribution is 2.32. The fourth-order valence-corrected chi connectivity index (χ4v) is 2.49. The standard InChI is InChI=1S/C18H20N2O3/c1-18(2,13-4-6-14(19)7-5-13)17(21)20-10-12-3-8-15-16(9-12)23-11-22-15/h3-9H,10-11,19H2,1-2H3,(H,20,21). The quantitative estimate of drug-likeness (QED) is 0.851. The second-order valence-electron chi connectivity index (χ2n) is 6.12. The molecule has 3 rings (SSSR count). The molecule has 0 aromatic heterocycles. The Morgan fingerprint density at radius 3 is 2.57 bits per heavy atom. The van der Waals surface area contributed by atoms with Crippen molar-refractivity contribution in [3.8, 4) is 11.5 Å². The van der Waals surface area contributed by atoms with Gasteiger partial charge in [0, 0.05) is 12.2 Å². The molecule has 3 N–H and O–H groups in total. The van der Waals surface area contributed by atoms with E-state index in [9.17, 15) is 4.79 Å². The van der Waals surface area contributed by atoms with Crippen LogP contribution in [0.5, 0.6) is 11.5 Å². The van der Waals surface area contributed by atoms with E-state index in [0.717, 1.165) is 22.6 Å². The Hall–Kier alpha value is -2.69. The van der Waals surface area contributed by atoms with Crippen LogP contribution in [0.3, 0.4) is 0 Å². The second kappa shape index (κ2) is 5.83. The summed E-state index contributed by atoms with van der Waals surface area (Å²) in [6.45, 7) is 4.48. The van der Waals surface area contributed by atoms with Crippen molar-refractivity contribution in [2.75, 3.05) is 12.5 Å². The monoisotopic (exact) mass is 312 g/mol. The van der Waals surface area contributed by atoms with Gasteiger partial charge in [-0.05, 0) is 49.2 Å². The molecule has 2 aromatic carbocycles. The molecular weight excluding hydrogens is 292 g/mol. The van der Waals surface area contributed by atoms with Crippen molar-refractivity contribution in [1.82, 2.24) is 5.32 Å². The maximum Gasteiger partial charge on any atom is 0.231 e. The Morgan fingerprint density at radius 1 is 1.13 bits per heavy atom. The predicted molar refractivity (Wildman–Crippen MR) is 88.3 cm³/mol. The SMILES string of the molecule is CC(C)(C(=O)NCc1ccc2c(c1)OCO2)c1ccc(N)cc1. The Balaban J connectivity index is 1.67. The van der Waals surface area contributed by atoms with Gasteiger partial charge in [-0.15, -0.1) is 0 Å². The van der Waals surface area contributed by atoms with Gasteiger partial charge in [-0.3, -0.25) is 4.79 Å². The van der Waals surface area contributed by atoms with Crippen molar-refractivity contribution in [1.29, 1.82) is 0 Å². The summed E-state index contributed by atoms with van der Waals surface area (Å²) in [4.78, 5) is 12.6. The number of nitrogens with one attached hydrogen (secondary N) is 1. The van der Waals surface area contributed by atoms with Crippen molar-refractivity contribution in [3.63, 3.8) is 0 Å². The first-order valence-electron chi connectivity index (χ1n) is 7.49. The van der Waals surface area contributed by atoms with E-state index in [1.54, 1.807) is 0 Å². The van der Waals surface area contributed by atoms with Crippen LogP contribution in [-0.2, 0) is 16.8 Å². The lowest BCUT2D eigenvalue weighted by Crippen LogP contribution is -2.39. The molecule has 5 nitrogen and oxygen atoms in total. The summed E-state index contributed by atoms with van der Waals surface area (Å²) in [6, 6.07) is 13.0. The van der Waals surface area contributed by atoms with Crippen LogP contribution in [0.2, 0.25) is 0 Å². The molecule has 0 spiro atoms. The molecule has 0 saturated heterocycles. The highest BCUT2D eigenvalue weighted by atomic mass is 16.7. The third-order valence-corrected chi connectivity index (χ3v) is 4.09. The lowest BCUT2D eigenvalue weighted by atomic mass is 9.83. The number of carbonyl (C=O) groups excluding carboxylic acids is 1. The topological polar surface area (TPSA) is 73.6 Å². The maximum absolute atomic E-state index is 12.6. The van der Waals surface area contributed by atoms with Crippen LogP contribution < -0.4 is 20.5 Å². The maximum atomic E-state index is 12.6. The Bertz CT molecular complexity index is 724. The smallest absolute Gasteiger partial charge is 0.231 e. The number of nitrogen functional groups attached to an aromatic ring is 1. The molecule has 0 radical (unpaired) electrons. The number of ether oxygens (including phenoxy) is 2. The molecule has 0 unspecified atom stereocenters. The highest BCUT2D eigenvalue weighted by molar-refractivity contribution is 5.87. The van der Waals surface area contributed by atoms with Crippen LogP contribution in [0.1, 0.15) is 25.0 Å². The first-order chi connectivity index (χ1) is 11.0. The molecule has 5 heteroatoms. The number of hydrogen-bond donors (Lipinski definition) is 2. The van der Waals surface area contributed by atoms with Gasteiger partial charge in [0.15, 0.2) is 11.5 Å². The number of hydrogen-bond acceptors (Lipinski definition) is 4. The van der Waals surface area contributed by atoms with Crippen LogP contribution in [0.15, 0.2) is 42.5 Å². The molecule has 1 heterocycles. The molecule has 0 saturated carbocycles. The summed E-state index contributed by atoms with van der Waals surface area (Å²) < 4.78 is 10.6. The van der Waals surface area contributed by atoms with Gasteiger partial charge < -0.3 is 20.5 Å². The van der Waals surface area contributed by atoms with E-state index in [-0.39, 0.29) is 12.7 Å². The first kappa shape index (κ1) is 15.2. The van der Waals surface area contributed by atoms with Gasteiger partial charge >= 0.3 is 0 Å². The van der Waals surface area contributed by atoms with E-state index in [0.29, 0.717) is 12.2 Å². The minimum Gasteiger partial charge on any atom is -0.454 e. The van der Waals surface area contributed by atoms with E-state index in [4.69, 9.17) is 15.2 Å². The van der Waals surface area contributed by atoms with Gasteiger partial charge in [-0.2, -0.15) is 0 Å². The third kappa shape index (κ3) is 3.08. The number of amides is 1. The first-order valence-corrected chi connectivity index (χ1v) is 7.49. The van der Waals surface area contributed by atoms with Crippen molar-refractivity contribution >= 4 is 11.6 Å². The lowest BCUT2D eigenvalue weighted by molar-refractivity contribution is -0.125. The van der Waals surface area contributed by atoms with Crippen molar-refractivity contribution in [2.24, 2.45) is 0 Å². The largest absolute Gasteiger partial charge is 0.454 e. The van der Waals surface area contributed by atoms with Crippen molar-refractivity contribution < 1.29 is 14.3 Å². The highest BCUT2D eigenvalue weighted by Gasteiger charge is 2.29. The van der Waals surface area contributed by atoms with Crippen molar-refractivity contribution in [3.05, 3.63) is 53.6 Å². The zero-order chi connectivity index (χ0) is 16.4. The Kier molecular flexibility index (Phi) is 3.86. The molecule has 1 amide bonds. The minimum absolute atomic E-state index is 0.0417. The van der Waals surface area contributed by atoms with Crippen LogP contribution >= 0.6 is 0 Å². The second-order valence-corrected chi connectivity index (χ2v) is 6.12. The number of carbonyl (C=O) groups is 1. The number of fused-ring (bicyclic) bond motifs is 1. The molecule has 1 aliphatic heterocycles. The fourth-order valence-electron chi connectivity index (χ4n) is 2.49. The molecule has 0 aliphatic carbocycles. The molecule has 0 fully saturated rings. The van der Waals surface area contributed by atoms with E-state index >= 15 is 0 Å². The summed E-state index contributed by atoms with van der Waals surface area (Å²) in [5.74, 6) is 1.41.